The summed E-state index contributed by atoms with van der Waals surface area (Å²) >= 11 is 3.12. The van der Waals surface area contributed by atoms with Crippen molar-refractivity contribution in [3.8, 4) is 0 Å². The number of carboxylic acids is 1. The molecule has 1 rings (SSSR count). The Bertz CT molecular complexity index is 476. The second-order valence-electron chi connectivity index (χ2n) is 4.16. The number of halogens is 2. The Morgan fingerprint density at radius 3 is 2.50 bits per heavy atom. The van der Waals surface area contributed by atoms with Gasteiger partial charge in [-0.1, -0.05) is 13.8 Å². The van der Waals surface area contributed by atoms with Gasteiger partial charge in [0.05, 0.1) is 5.56 Å². The molecule has 0 aliphatic heterocycles. The molecular formula is C12H13BrFNO3. The number of carbonyl (C=O) groups is 2. The Kier molecular flexibility index (Phi) is 4.84. The lowest BCUT2D eigenvalue weighted by atomic mass is 10.0. The maximum atomic E-state index is 13.0. The highest BCUT2D eigenvalue weighted by molar-refractivity contribution is 9.10. The number of hydrogen-bond acceptors (Lipinski definition) is 2. The number of benzene rings is 1. The van der Waals surface area contributed by atoms with Crippen LogP contribution in [0.25, 0.3) is 0 Å². The Morgan fingerprint density at radius 2 is 2.00 bits per heavy atom. The third-order valence-electron chi connectivity index (χ3n) is 2.39. The fourth-order valence-corrected chi connectivity index (χ4v) is 1.83. The quantitative estimate of drug-likeness (QED) is 0.896. The summed E-state index contributed by atoms with van der Waals surface area (Å²) in [7, 11) is 0. The first kappa shape index (κ1) is 14.6. The van der Waals surface area contributed by atoms with Gasteiger partial charge in [0.1, 0.15) is 11.9 Å². The molecule has 18 heavy (non-hydrogen) atoms. The molecule has 0 heterocycles. The molecule has 0 aliphatic carbocycles. The Hall–Kier alpha value is -1.43. The van der Waals surface area contributed by atoms with Crippen molar-refractivity contribution in [2.45, 2.75) is 19.9 Å². The molecule has 0 aromatic heterocycles. The number of hydrogen-bond donors (Lipinski definition) is 2. The van der Waals surface area contributed by atoms with Crippen molar-refractivity contribution < 1.29 is 19.1 Å². The van der Waals surface area contributed by atoms with Crippen LogP contribution < -0.4 is 5.32 Å². The molecule has 0 aliphatic rings. The first-order valence-corrected chi connectivity index (χ1v) is 6.11. The highest BCUT2D eigenvalue weighted by Gasteiger charge is 2.24. The van der Waals surface area contributed by atoms with Gasteiger partial charge in [-0.3, -0.25) is 4.79 Å². The van der Waals surface area contributed by atoms with E-state index in [1.807, 2.05) is 0 Å². The van der Waals surface area contributed by atoms with Crippen LogP contribution in [0.4, 0.5) is 4.39 Å². The second kappa shape index (κ2) is 5.95. The van der Waals surface area contributed by atoms with Gasteiger partial charge < -0.3 is 10.4 Å². The van der Waals surface area contributed by atoms with Gasteiger partial charge in [0, 0.05) is 4.47 Å². The molecule has 0 saturated heterocycles. The standard InChI is InChI=1S/C12H13BrFNO3/c1-6(2)10(12(17)18)15-11(16)8-5-7(14)3-4-9(8)13/h3-6,10H,1-2H3,(H,15,16)(H,17,18)/t10-/m1/s1. The zero-order chi connectivity index (χ0) is 13.9. The van der Waals surface area contributed by atoms with E-state index in [0.717, 1.165) is 6.07 Å². The minimum absolute atomic E-state index is 0.0712. The summed E-state index contributed by atoms with van der Waals surface area (Å²) in [5.74, 6) is -2.56. The average molecular weight is 318 g/mol. The Balaban J connectivity index is 2.94. The van der Waals surface area contributed by atoms with Gasteiger partial charge in [-0.15, -0.1) is 0 Å². The summed E-state index contributed by atoms with van der Waals surface area (Å²) in [6, 6.07) is 2.65. The molecule has 1 amide bonds. The lowest BCUT2D eigenvalue weighted by molar-refractivity contribution is -0.140. The fourth-order valence-electron chi connectivity index (χ4n) is 1.40. The molecule has 0 saturated carbocycles. The molecule has 6 heteroatoms. The number of rotatable bonds is 4. The molecular weight excluding hydrogens is 305 g/mol. The summed E-state index contributed by atoms with van der Waals surface area (Å²) in [5.41, 5.74) is 0.0712. The van der Waals surface area contributed by atoms with Crippen molar-refractivity contribution >= 4 is 27.8 Å². The predicted molar refractivity (Wildman–Crippen MR) is 67.8 cm³/mol. The van der Waals surface area contributed by atoms with E-state index >= 15 is 0 Å². The summed E-state index contributed by atoms with van der Waals surface area (Å²) in [6.45, 7) is 3.36. The van der Waals surface area contributed by atoms with E-state index in [0.29, 0.717) is 4.47 Å². The van der Waals surface area contributed by atoms with Gasteiger partial charge in [0.2, 0.25) is 0 Å². The molecule has 0 radical (unpaired) electrons. The van der Waals surface area contributed by atoms with E-state index in [2.05, 4.69) is 21.2 Å². The minimum Gasteiger partial charge on any atom is -0.480 e. The summed E-state index contributed by atoms with van der Waals surface area (Å²) in [5, 5.41) is 11.3. The third kappa shape index (κ3) is 3.53. The molecule has 1 aromatic carbocycles. The van der Waals surface area contributed by atoms with Crippen LogP contribution in [-0.2, 0) is 4.79 Å². The smallest absolute Gasteiger partial charge is 0.326 e. The molecule has 98 valence electrons. The Morgan fingerprint density at radius 1 is 1.39 bits per heavy atom. The van der Waals surface area contributed by atoms with Gasteiger partial charge in [-0.05, 0) is 40.0 Å². The molecule has 1 aromatic rings. The van der Waals surface area contributed by atoms with E-state index in [-0.39, 0.29) is 11.5 Å². The normalized spacial score (nSPS) is 12.3. The van der Waals surface area contributed by atoms with Crippen LogP contribution in [0.5, 0.6) is 0 Å². The van der Waals surface area contributed by atoms with Gasteiger partial charge in [0.15, 0.2) is 0 Å². The van der Waals surface area contributed by atoms with Gasteiger partial charge in [-0.25, -0.2) is 9.18 Å². The largest absolute Gasteiger partial charge is 0.480 e. The SMILES string of the molecule is CC(C)[C@@H](NC(=O)c1cc(F)ccc1Br)C(=O)O. The molecule has 1 atom stereocenters. The molecule has 0 spiro atoms. The van der Waals surface area contributed by atoms with E-state index in [1.54, 1.807) is 13.8 Å². The van der Waals surface area contributed by atoms with Gasteiger partial charge in [-0.2, -0.15) is 0 Å². The first-order valence-electron chi connectivity index (χ1n) is 5.31. The van der Waals surface area contributed by atoms with E-state index in [9.17, 15) is 14.0 Å². The number of aliphatic carboxylic acids is 1. The highest BCUT2D eigenvalue weighted by Crippen LogP contribution is 2.18. The topological polar surface area (TPSA) is 66.4 Å². The van der Waals surface area contributed by atoms with Crippen LogP contribution in [0.2, 0.25) is 0 Å². The van der Waals surface area contributed by atoms with Crippen LogP contribution in [0.3, 0.4) is 0 Å². The number of carbonyl (C=O) groups excluding carboxylic acids is 1. The predicted octanol–water partition coefficient (Wildman–Crippen LogP) is 2.43. The first-order chi connectivity index (χ1) is 8.32. The molecule has 2 N–H and O–H groups in total. The molecule has 4 nitrogen and oxygen atoms in total. The van der Waals surface area contributed by atoms with Crippen LogP contribution in [0.15, 0.2) is 22.7 Å². The van der Waals surface area contributed by atoms with Crippen LogP contribution in [0.1, 0.15) is 24.2 Å². The van der Waals surface area contributed by atoms with Crippen molar-refractivity contribution in [3.05, 3.63) is 34.1 Å². The maximum Gasteiger partial charge on any atom is 0.326 e. The summed E-state index contributed by atoms with van der Waals surface area (Å²) < 4.78 is 13.5. The average Bonchev–Trinajstić information content (AvgIpc) is 2.28. The number of nitrogens with one attached hydrogen (secondary N) is 1. The zero-order valence-electron chi connectivity index (χ0n) is 9.91. The van der Waals surface area contributed by atoms with Crippen molar-refractivity contribution in [1.82, 2.24) is 5.32 Å². The maximum absolute atomic E-state index is 13.0. The lowest BCUT2D eigenvalue weighted by Gasteiger charge is -2.18. The molecule has 0 fully saturated rings. The van der Waals surface area contributed by atoms with E-state index in [4.69, 9.17) is 5.11 Å². The minimum atomic E-state index is -1.12. The summed E-state index contributed by atoms with van der Waals surface area (Å²) in [6.07, 6.45) is 0. The van der Waals surface area contributed by atoms with Gasteiger partial charge in [0.25, 0.3) is 5.91 Å². The fraction of sp³-hybridized carbons (Fsp3) is 0.333. The third-order valence-corrected chi connectivity index (χ3v) is 3.08. The zero-order valence-corrected chi connectivity index (χ0v) is 11.5. The van der Waals surface area contributed by atoms with Gasteiger partial charge >= 0.3 is 5.97 Å². The molecule has 0 unspecified atom stereocenters. The number of carboxylic acid groups (broad SMARTS) is 1. The van der Waals surface area contributed by atoms with E-state index < -0.39 is 23.7 Å². The van der Waals surface area contributed by atoms with Crippen molar-refractivity contribution in [1.29, 1.82) is 0 Å². The van der Waals surface area contributed by atoms with Crippen molar-refractivity contribution in [2.24, 2.45) is 5.92 Å². The highest BCUT2D eigenvalue weighted by atomic mass is 79.9. The molecule has 0 bridgehead atoms. The lowest BCUT2D eigenvalue weighted by Crippen LogP contribution is -2.44. The van der Waals surface area contributed by atoms with Crippen LogP contribution in [-0.4, -0.2) is 23.0 Å². The summed E-state index contributed by atoms with van der Waals surface area (Å²) in [4.78, 5) is 22.8. The van der Waals surface area contributed by atoms with Crippen LogP contribution in [0, 0.1) is 11.7 Å². The van der Waals surface area contributed by atoms with Crippen LogP contribution >= 0.6 is 15.9 Å². The van der Waals surface area contributed by atoms with Crippen molar-refractivity contribution in [2.75, 3.05) is 0 Å². The van der Waals surface area contributed by atoms with E-state index in [1.165, 1.54) is 12.1 Å². The van der Waals surface area contributed by atoms with Crippen molar-refractivity contribution in [3.63, 3.8) is 0 Å². The number of amides is 1. The monoisotopic (exact) mass is 317 g/mol. The second-order valence-corrected chi connectivity index (χ2v) is 5.01. The Labute approximate surface area is 112 Å².